The van der Waals surface area contributed by atoms with Crippen LogP contribution < -0.4 is 16.8 Å². The monoisotopic (exact) mass is 563 g/mol. The highest BCUT2D eigenvalue weighted by Gasteiger charge is 2.44. The summed E-state index contributed by atoms with van der Waals surface area (Å²) >= 11 is 0. The summed E-state index contributed by atoms with van der Waals surface area (Å²) in [4.78, 5) is 30.1. The van der Waals surface area contributed by atoms with Crippen molar-refractivity contribution < 1.29 is 50.9 Å². The second kappa shape index (κ2) is 13.3. The first-order valence-corrected chi connectivity index (χ1v) is 10.6. The SMILES string of the molecule is N=C(N)c1cccc(CNC(=O)[C@@H]2C[C@H]2c2cccc(C(=N)N)c2)c1.O=C(O)C(F)(F)F.O=C(O)C(F)(F)F. The molecule has 1 aliphatic carbocycles. The van der Waals surface area contributed by atoms with Crippen LogP contribution in [0.2, 0.25) is 0 Å². The van der Waals surface area contributed by atoms with Crippen molar-refractivity contribution in [1.82, 2.24) is 5.32 Å². The Hall–Kier alpha value is -4.63. The molecule has 0 bridgehead atoms. The number of amides is 1. The Morgan fingerprint density at radius 1 is 0.846 bits per heavy atom. The van der Waals surface area contributed by atoms with Gasteiger partial charge < -0.3 is 27.0 Å². The maximum Gasteiger partial charge on any atom is 0.490 e. The summed E-state index contributed by atoms with van der Waals surface area (Å²) < 4.78 is 63.5. The van der Waals surface area contributed by atoms with Gasteiger partial charge in [0.2, 0.25) is 5.91 Å². The molecule has 0 aliphatic heterocycles. The summed E-state index contributed by atoms with van der Waals surface area (Å²) in [5.74, 6) is -5.30. The summed E-state index contributed by atoms with van der Waals surface area (Å²) in [5.41, 5.74) is 14.3. The maximum absolute atomic E-state index is 12.4. The van der Waals surface area contributed by atoms with E-state index in [1.807, 2.05) is 36.4 Å². The number of carbonyl (C=O) groups excluding carboxylic acids is 1. The molecule has 0 radical (unpaired) electrons. The lowest BCUT2D eigenvalue weighted by atomic mass is 10.0. The number of benzene rings is 2. The number of rotatable bonds is 6. The van der Waals surface area contributed by atoms with Crippen molar-refractivity contribution in [3.63, 3.8) is 0 Å². The van der Waals surface area contributed by atoms with Crippen LogP contribution in [0.3, 0.4) is 0 Å². The third-order valence-corrected chi connectivity index (χ3v) is 4.94. The van der Waals surface area contributed by atoms with E-state index in [9.17, 15) is 31.1 Å². The molecule has 0 aromatic heterocycles. The van der Waals surface area contributed by atoms with Crippen LogP contribution in [0.25, 0.3) is 0 Å². The normalized spacial score (nSPS) is 15.8. The number of nitrogen functional groups attached to an aromatic ring is 2. The van der Waals surface area contributed by atoms with E-state index >= 15 is 0 Å². The molecule has 2 aromatic rings. The van der Waals surface area contributed by atoms with Gasteiger partial charge in [0.25, 0.3) is 0 Å². The quantitative estimate of drug-likeness (QED) is 0.159. The van der Waals surface area contributed by atoms with E-state index in [-0.39, 0.29) is 29.4 Å². The second-order valence-electron chi connectivity index (χ2n) is 7.93. The van der Waals surface area contributed by atoms with E-state index in [1.165, 1.54) is 0 Å². The van der Waals surface area contributed by atoms with Crippen molar-refractivity contribution in [3.05, 3.63) is 70.8 Å². The van der Waals surface area contributed by atoms with Gasteiger partial charge in [-0.05, 0) is 35.6 Å². The smallest absolute Gasteiger partial charge is 0.475 e. The summed E-state index contributed by atoms with van der Waals surface area (Å²) in [6.45, 7) is 0.413. The van der Waals surface area contributed by atoms with E-state index in [2.05, 4.69) is 5.32 Å². The predicted molar refractivity (Wildman–Crippen MR) is 125 cm³/mol. The summed E-state index contributed by atoms with van der Waals surface area (Å²) in [6.07, 6.45) is -9.36. The molecule has 212 valence electrons. The van der Waals surface area contributed by atoms with Crippen molar-refractivity contribution in [3.8, 4) is 0 Å². The Kier molecular flexibility index (Phi) is 11.0. The minimum atomic E-state index is -5.08. The van der Waals surface area contributed by atoms with Crippen molar-refractivity contribution in [2.45, 2.75) is 31.2 Å². The highest BCUT2D eigenvalue weighted by Crippen LogP contribution is 2.47. The fraction of sp³-hybridized carbons (Fsp3) is 0.261. The van der Waals surface area contributed by atoms with Crippen LogP contribution >= 0.6 is 0 Å². The van der Waals surface area contributed by atoms with E-state index in [0.717, 1.165) is 17.5 Å². The molecule has 10 nitrogen and oxygen atoms in total. The number of alkyl halides is 6. The Morgan fingerprint density at radius 3 is 1.72 bits per heavy atom. The molecule has 0 saturated heterocycles. The molecule has 1 fully saturated rings. The Balaban J connectivity index is 0.000000449. The lowest BCUT2D eigenvalue weighted by Gasteiger charge is -2.07. The summed E-state index contributed by atoms with van der Waals surface area (Å²) in [6, 6.07) is 14.8. The minimum absolute atomic E-state index is 0.0146. The molecule has 16 heteroatoms. The van der Waals surface area contributed by atoms with Gasteiger partial charge in [-0.2, -0.15) is 26.3 Å². The van der Waals surface area contributed by atoms with Gasteiger partial charge in [-0.15, -0.1) is 0 Å². The third-order valence-electron chi connectivity index (χ3n) is 4.94. The standard InChI is InChI=1S/C19H21N5O.2C2HF3O2/c20-17(21)13-5-1-3-11(7-13)10-24-19(25)16-9-15(16)12-4-2-6-14(8-12)18(22)23;2*3-2(4,5)1(6)7/h1-8,15-16H,9-10H2,(H3,20,21)(H3,22,23)(H,24,25);2*(H,6,7)/t15-,16+;;/m0../s1. The Labute approximate surface area is 216 Å². The summed E-state index contributed by atoms with van der Waals surface area (Å²) in [5, 5.41) is 32.2. The molecule has 2 atom stereocenters. The van der Waals surface area contributed by atoms with E-state index in [1.54, 1.807) is 12.1 Å². The zero-order chi connectivity index (χ0) is 30.1. The summed E-state index contributed by atoms with van der Waals surface area (Å²) in [7, 11) is 0. The van der Waals surface area contributed by atoms with E-state index < -0.39 is 24.3 Å². The lowest BCUT2D eigenvalue weighted by molar-refractivity contribution is -0.193. The molecule has 1 saturated carbocycles. The van der Waals surface area contributed by atoms with E-state index in [4.69, 9.17) is 42.1 Å². The number of hydrogen-bond donors (Lipinski definition) is 7. The molecule has 0 unspecified atom stereocenters. The largest absolute Gasteiger partial charge is 0.490 e. The highest BCUT2D eigenvalue weighted by atomic mass is 19.4. The molecular weight excluding hydrogens is 540 g/mol. The number of aliphatic carboxylic acids is 2. The van der Waals surface area contributed by atoms with Gasteiger partial charge in [0.1, 0.15) is 11.7 Å². The number of carbonyl (C=O) groups is 3. The van der Waals surface area contributed by atoms with Gasteiger partial charge in [0.15, 0.2) is 0 Å². The van der Waals surface area contributed by atoms with Crippen molar-refractivity contribution in [2.24, 2.45) is 17.4 Å². The van der Waals surface area contributed by atoms with Crippen molar-refractivity contribution in [2.75, 3.05) is 0 Å². The van der Waals surface area contributed by atoms with Gasteiger partial charge in [0.05, 0.1) is 0 Å². The van der Waals surface area contributed by atoms with Crippen LogP contribution in [0.5, 0.6) is 0 Å². The third kappa shape index (κ3) is 11.1. The van der Waals surface area contributed by atoms with Gasteiger partial charge in [-0.25, -0.2) is 9.59 Å². The second-order valence-corrected chi connectivity index (χ2v) is 7.93. The average Bonchev–Trinajstić information content (AvgIpc) is 3.63. The van der Waals surface area contributed by atoms with Gasteiger partial charge in [-0.1, -0.05) is 36.4 Å². The number of carboxylic acids is 2. The first-order chi connectivity index (χ1) is 17.8. The Bertz CT molecular complexity index is 1210. The minimum Gasteiger partial charge on any atom is -0.475 e. The fourth-order valence-corrected chi connectivity index (χ4v) is 2.96. The Morgan fingerprint density at radius 2 is 1.28 bits per heavy atom. The zero-order valence-electron chi connectivity index (χ0n) is 19.7. The molecule has 1 amide bonds. The van der Waals surface area contributed by atoms with Crippen LogP contribution in [0.15, 0.2) is 48.5 Å². The first-order valence-electron chi connectivity index (χ1n) is 10.6. The van der Waals surface area contributed by atoms with Crippen LogP contribution in [0.4, 0.5) is 26.3 Å². The topological polar surface area (TPSA) is 203 Å². The number of amidine groups is 2. The number of halogens is 6. The number of hydrogen-bond acceptors (Lipinski definition) is 5. The van der Waals surface area contributed by atoms with Crippen molar-refractivity contribution in [1.29, 1.82) is 10.8 Å². The maximum atomic E-state index is 12.4. The first kappa shape index (κ1) is 32.4. The van der Waals surface area contributed by atoms with Crippen molar-refractivity contribution >= 4 is 29.5 Å². The molecular formula is C23H23F6N5O5. The number of nitrogens with one attached hydrogen (secondary N) is 3. The van der Waals surface area contributed by atoms with Crippen LogP contribution in [0.1, 0.15) is 34.6 Å². The van der Waals surface area contributed by atoms with Gasteiger partial charge >= 0.3 is 24.3 Å². The van der Waals surface area contributed by atoms with Gasteiger partial charge in [-0.3, -0.25) is 15.6 Å². The van der Waals surface area contributed by atoms with E-state index in [0.29, 0.717) is 17.7 Å². The number of carboxylic acid groups (broad SMARTS) is 2. The molecule has 3 rings (SSSR count). The zero-order valence-corrected chi connectivity index (χ0v) is 19.7. The molecule has 1 aliphatic rings. The fourth-order valence-electron chi connectivity index (χ4n) is 2.96. The molecule has 0 heterocycles. The lowest BCUT2D eigenvalue weighted by Crippen LogP contribution is -2.25. The molecule has 39 heavy (non-hydrogen) atoms. The highest BCUT2D eigenvalue weighted by molar-refractivity contribution is 5.95. The van der Waals surface area contributed by atoms with Crippen LogP contribution in [-0.4, -0.2) is 52.1 Å². The number of nitrogens with two attached hydrogens (primary N) is 2. The molecule has 2 aromatic carbocycles. The van der Waals surface area contributed by atoms with Crippen LogP contribution in [-0.2, 0) is 20.9 Å². The molecule has 9 N–H and O–H groups in total. The average molecular weight is 563 g/mol. The van der Waals surface area contributed by atoms with Crippen LogP contribution in [0, 0.1) is 16.7 Å². The van der Waals surface area contributed by atoms with Gasteiger partial charge in [0, 0.05) is 23.6 Å². The molecule has 0 spiro atoms. The predicted octanol–water partition coefficient (Wildman–Crippen LogP) is 2.94.